The van der Waals surface area contributed by atoms with Gasteiger partial charge >= 0.3 is 6.09 Å². The Kier molecular flexibility index (Phi) is 6.02. The number of aromatic nitrogens is 2. The number of aromatic hydroxyl groups is 1. The van der Waals surface area contributed by atoms with Gasteiger partial charge in [-0.2, -0.15) is 5.10 Å². The molecule has 0 spiro atoms. The lowest BCUT2D eigenvalue weighted by Gasteiger charge is -2.16. The zero-order chi connectivity index (χ0) is 22.7. The lowest BCUT2D eigenvalue weighted by molar-refractivity contribution is -0.118. The Bertz CT molecular complexity index is 1020. The molecule has 1 aromatic carbocycles. The van der Waals surface area contributed by atoms with Gasteiger partial charge in [-0.25, -0.2) is 4.79 Å². The van der Waals surface area contributed by atoms with Crippen molar-refractivity contribution in [3.63, 3.8) is 0 Å². The second-order valence-electron chi connectivity index (χ2n) is 8.58. The summed E-state index contributed by atoms with van der Waals surface area (Å²) in [5.41, 5.74) is 0.740. The van der Waals surface area contributed by atoms with Crippen molar-refractivity contribution in [2.24, 2.45) is 0 Å². The first-order valence-corrected chi connectivity index (χ1v) is 10.6. The van der Waals surface area contributed by atoms with Gasteiger partial charge in [0.05, 0.1) is 5.56 Å². The summed E-state index contributed by atoms with van der Waals surface area (Å²) in [5, 5.41) is 22.2. The molecule has 4 N–H and O–H groups in total. The molecule has 0 aliphatic heterocycles. The number of H-pyrrole nitrogens is 1. The molecule has 2 fully saturated rings. The van der Waals surface area contributed by atoms with Gasteiger partial charge in [-0.1, -0.05) is 6.07 Å². The molecule has 0 bridgehead atoms. The maximum absolute atomic E-state index is 12.2. The summed E-state index contributed by atoms with van der Waals surface area (Å²) in [6.45, 7) is 1.65. The second-order valence-corrected chi connectivity index (χ2v) is 8.58. The molecular formula is C22H26N4O6. The highest BCUT2D eigenvalue weighted by molar-refractivity contribution is 5.91. The fourth-order valence-corrected chi connectivity index (χ4v) is 3.78. The molecule has 1 aromatic heterocycles. The van der Waals surface area contributed by atoms with E-state index in [4.69, 9.17) is 9.47 Å². The van der Waals surface area contributed by atoms with Gasteiger partial charge in [0.15, 0.2) is 18.7 Å². The smallest absolute Gasteiger partial charge is 0.407 e. The highest BCUT2D eigenvalue weighted by Crippen LogP contribution is 2.37. The van der Waals surface area contributed by atoms with Gasteiger partial charge in [0.2, 0.25) is 0 Å². The molecule has 32 heavy (non-hydrogen) atoms. The van der Waals surface area contributed by atoms with Crippen LogP contribution in [-0.2, 0) is 9.53 Å². The topological polar surface area (TPSA) is 143 Å². The molecule has 2 aromatic rings. The van der Waals surface area contributed by atoms with Crippen LogP contribution < -0.4 is 15.4 Å². The summed E-state index contributed by atoms with van der Waals surface area (Å²) in [7, 11) is 0. The van der Waals surface area contributed by atoms with E-state index < -0.39 is 5.91 Å². The Morgan fingerprint density at radius 2 is 2.16 bits per heavy atom. The molecule has 0 saturated heterocycles. The van der Waals surface area contributed by atoms with Gasteiger partial charge < -0.3 is 25.2 Å². The van der Waals surface area contributed by atoms with Crippen molar-refractivity contribution in [1.29, 1.82) is 0 Å². The Morgan fingerprint density at radius 1 is 1.34 bits per heavy atom. The van der Waals surface area contributed by atoms with Crippen molar-refractivity contribution < 1.29 is 29.0 Å². The van der Waals surface area contributed by atoms with Crippen LogP contribution in [-0.4, -0.2) is 51.8 Å². The SMILES string of the molecule is CC1(NC(=O)O[C@@H]2CC[C@H](c3cc(NC(=O)COc4cccc(O)c4C=O)n[nH]3)C2)CC1. The van der Waals surface area contributed by atoms with Crippen molar-refractivity contribution in [2.75, 3.05) is 11.9 Å². The summed E-state index contributed by atoms with van der Waals surface area (Å²) in [4.78, 5) is 35.3. The van der Waals surface area contributed by atoms with Crippen LogP contribution >= 0.6 is 0 Å². The number of nitrogens with zero attached hydrogens (tertiary/aromatic N) is 1. The number of hydrogen-bond donors (Lipinski definition) is 4. The number of carbonyl (C=O) groups is 3. The number of alkyl carbamates (subject to hydrolysis) is 1. The van der Waals surface area contributed by atoms with E-state index in [0.29, 0.717) is 18.5 Å². The molecule has 2 aliphatic carbocycles. The summed E-state index contributed by atoms with van der Waals surface area (Å²) in [6, 6.07) is 6.12. The van der Waals surface area contributed by atoms with Crippen LogP contribution in [0.25, 0.3) is 0 Å². The van der Waals surface area contributed by atoms with Crippen LogP contribution in [0.15, 0.2) is 24.3 Å². The molecule has 170 valence electrons. The maximum atomic E-state index is 12.2. The summed E-state index contributed by atoms with van der Waals surface area (Å²) in [6.07, 6.45) is 4.23. The summed E-state index contributed by atoms with van der Waals surface area (Å²) in [5.74, 6) is -0.0475. The fourth-order valence-electron chi connectivity index (χ4n) is 3.78. The molecule has 0 unspecified atom stereocenters. The zero-order valence-electron chi connectivity index (χ0n) is 17.7. The lowest BCUT2D eigenvalue weighted by Crippen LogP contribution is -2.36. The minimum absolute atomic E-state index is 0.0136. The van der Waals surface area contributed by atoms with Crippen LogP contribution in [0.5, 0.6) is 11.5 Å². The molecule has 2 saturated carbocycles. The standard InChI is InChI=1S/C22H26N4O6/c1-22(7-8-22)24-21(30)32-14-6-5-13(9-14)16-10-19(26-25-16)23-20(29)12-31-18-4-2-3-17(28)15(18)11-27/h2-4,10-11,13-14,28H,5-9,12H2,1H3,(H,24,30)(H2,23,25,26,29)/t13-,14+/m0/s1. The Balaban J connectivity index is 1.25. The van der Waals surface area contributed by atoms with E-state index in [1.165, 1.54) is 18.2 Å². The number of benzene rings is 1. The van der Waals surface area contributed by atoms with Crippen LogP contribution in [0.2, 0.25) is 0 Å². The fraction of sp³-hybridized carbons (Fsp3) is 0.455. The number of aldehydes is 1. The van der Waals surface area contributed by atoms with Crippen molar-refractivity contribution >= 4 is 24.1 Å². The maximum Gasteiger partial charge on any atom is 0.407 e. The Hall–Kier alpha value is -3.56. The normalized spacial score (nSPS) is 20.9. The van der Waals surface area contributed by atoms with E-state index in [9.17, 15) is 19.5 Å². The molecule has 2 aliphatic rings. The molecule has 2 amide bonds. The van der Waals surface area contributed by atoms with E-state index >= 15 is 0 Å². The number of phenols is 1. The predicted molar refractivity (Wildman–Crippen MR) is 114 cm³/mol. The first-order valence-electron chi connectivity index (χ1n) is 10.6. The van der Waals surface area contributed by atoms with Gasteiger partial charge in [-0.05, 0) is 51.2 Å². The largest absolute Gasteiger partial charge is 0.507 e. The highest BCUT2D eigenvalue weighted by Gasteiger charge is 2.40. The third kappa shape index (κ3) is 5.19. The van der Waals surface area contributed by atoms with Crippen LogP contribution in [0.3, 0.4) is 0 Å². The van der Waals surface area contributed by atoms with Crippen molar-refractivity contribution in [1.82, 2.24) is 15.5 Å². The monoisotopic (exact) mass is 442 g/mol. The molecule has 2 atom stereocenters. The van der Waals surface area contributed by atoms with Crippen molar-refractivity contribution in [3.8, 4) is 11.5 Å². The predicted octanol–water partition coefficient (Wildman–Crippen LogP) is 2.86. The molecule has 1 heterocycles. The molecule has 0 radical (unpaired) electrons. The molecule has 10 nitrogen and oxygen atoms in total. The highest BCUT2D eigenvalue weighted by atomic mass is 16.6. The van der Waals surface area contributed by atoms with E-state index in [2.05, 4.69) is 20.8 Å². The molecular weight excluding hydrogens is 416 g/mol. The second kappa shape index (κ2) is 8.89. The van der Waals surface area contributed by atoms with E-state index in [1.54, 1.807) is 6.07 Å². The number of aromatic amines is 1. The number of amides is 2. The number of nitrogens with one attached hydrogen (secondary N) is 3. The number of ether oxygens (including phenoxy) is 2. The molecule has 4 rings (SSSR count). The van der Waals surface area contributed by atoms with Crippen molar-refractivity contribution in [3.05, 3.63) is 35.5 Å². The summed E-state index contributed by atoms with van der Waals surface area (Å²) >= 11 is 0. The van der Waals surface area contributed by atoms with E-state index in [-0.39, 0.29) is 47.3 Å². The van der Waals surface area contributed by atoms with Gasteiger partial charge in [-0.15, -0.1) is 0 Å². The van der Waals surface area contributed by atoms with Gasteiger partial charge in [-0.3, -0.25) is 14.7 Å². The van der Waals surface area contributed by atoms with E-state index in [1.807, 2.05) is 6.92 Å². The van der Waals surface area contributed by atoms with Gasteiger partial charge in [0, 0.05) is 23.2 Å². The minimum atomic E-state index is -0.457. The third-order valence-corrected chi connectivity index (χ3v) is 5.89. The van der Waals surface area contributed by atoms with Crippen molar-refractivity contribution in [2.45, 2.75) is 56.6 Å². The van der Waals surface area contributed by atoms with Crippen LogP contribution in [0.4, 0.5) is 10.6 Å². The van der Waals surface area contributed by atoms with E-state index in [0.717, 1.165) is 31.4 Å². The van der Waals surface area contributed by atoms with Crippen LogP contribution in [0.1, 0.15) is 61.0 Å². The average molecular weight is 442 g/mol. The third-order valence-electron chi connectivity index (χ3n) is 5.89. The van der Waals surface area contributed by atoms with Gasteiger partial charge in [0.1, 0.15) is 17.6 Å². The average Bonchev–Trinajstić information content (AvgIpc) is 3.13. The van der Waals surface area contributed by atoms with Crippen LogP contribution in [0, 0.1) is 0 Å². The Morgan fingerprint density at radius 3 is 2.91 bits per heavy atom. The molecule has 10 heteroatoms. The number of rotatable bonds is 8. The number of phenolic OH excluding ortho intramolecular Hbond substituents is 1. The number of hydrogen-bond acceptors (Lipinski definition) is 7. The zero-order valence-corrected chi connectivity index (χ0v) is 17.7. The van der Waals surface area contributed by atoms with Gasteiger partial charge in [0.25, 0.3) is 5.91 Å². The Labute approximate surface area is 184 Å². The quantitative estimate of drug-likeness (QED) is 0.460. The first-order chi connectivity index (χ1) is 15.3. The lowest BCUT2D eigenvalue weighted by atomic mass is 10.0. The minimum Gasteiger partial charge on any atom is -0.507 e. The number of anilines is 1. The first kappa shape index (κ1) is 21.7. The summed E-state index contributed by atoms with van der Waals surface area (Å²) < 4.78 is 10.9. The number of carbonyl (C=O) groups excluding carboxylic acids is 3.